The number of hydrogen-bond acceptors (Lipinski definition) is 3. The molecule has 0 radical (unpaired) electrons. The Kier molecular flexibility index (Phi) is 4.40. The predicted octanol–water partition coefficient (Wildman–Crippen LogP) is 2.85. The fourth-order valence-corrected chi connectivity index (χ4v) is 3.72. The van der Waals surface area contributed by atoms with Crippen LogP contribution in [-0.4, -0.2) is 34.1 Å². The van der Waals surface area contributed by atoms with Crippen LogP contribution >= 0.6 is 0 Å². The Morgan fingerprint density at radius 2 is 1.38 bits per heavy atom. The fraction of sp³-hybridized carbons (Fsp3) is 0.625. The van der Waals surface area contributed by atoms with Gasteiger partial charge in [-0.15, -0.1) is 0 Å². The molecule has 2 rings (SSSR count). The van der Waals surface area contributed by atoms with Crippen LogP contribution in [0.4, 0.5) is 0 Å². The standard InChI is InChI=1S/C16H23NO4/c1-9-12(15(18)19)14(11-7-5-4-6-8-11)13(16(20)21)10(2)17(9)3/h11,14H,4-8H2,1-3H3,(H,18,19)(H,20,21). The summed E-state index contributed by atoms with van der Waals surface area (Å²) in [5.74, 6) is -2.37. The van der Waals surface area contributed by atoms with Crippen molar-refractivity contribution in [3.05, 3.63) is 22.5 Å². The Balaban J connectivity index is 2.55. The zero-order chi connectivity index (χ0) is 15.7. The van der Waals surface area contributed by atoms with E-state index < -0.39 is 17.9 Å². The molecule has 1 aliphatic carbocycles. The summed E-state index contributed by atoms with van der Waals surface area (Å²) in [6.07, 6.45) is 5.06. The van der Waals surface area contributed by atoms with Crippen LogP contribution in [0.15, 0.2) is 22.5 Å². The zero-order valence-electron chi connectivity index (χ0n) is 12.8. The van der Waals surface area contributed by atoms with Crippen molar-refractivity contribution in [1.29, 1.82) is 0 Å². The van der Waals surface area contributed by atoms with E-state index in [9.17, 15) is 19.8 Å². The van der Waals surface area contributed by atoms with Crippen LogP contribution in [0.25, 0.3) is 0 Å². The Bertz CT molecular complexity index is 488. The van der Waals surface area contributed by atoms with Gasteiger partial charge in [0.2, 0.25) is 0 Å². The molecular formula is C16H23NO4. The molecule has 2 aliphatic rings. The van der Waals surface area contributed by atoms with Crippen molar-refractivity contribution in [3.8, 4) is 0 Å². The second-order valence-electron chi connectivity index (χ2n) is 6.04. The highest BCUT2D eigenvalue weighted by atomic mass is 16.4. The number of nitrogens with zero attached hydrogens (tertiary/aromatic N) is 1. The van der Waals surface area contributed by atoms with Gasteiger partial charge in [0, 0.05) is 24.4 Å². The minimum atomic E-state index is -0.999. The molecule has 2 N–H and O–H groups in total. The SMILES string of the molecule is CC1=C(C(=O)O)C(C2CCCCC2)C(C(=O)O)=C(C)N1C. The number of rotatable bonds is 3. The second-order valence-corrected chi connectivity index (χ2v) is 6.04. The number of hydrogen-bond donors (Lipinski definition) is 2. The van der Waals surface area contributed by atoms with E-state index in [1.165, 1.54) is 0 Å². The minimum Gasteiger partial charge on any atom is -0.478 e. The van der Waals surface area contributed by atoms with Crippen molar-refractivity contribution in [1.82, 2.24) is 4.90 Å². The summed E-state index contributed by atoms with van der Waals surface area (Å²) in [6, 6.07) is 0. The van der Waals surface area contributed by atoms with Gasteiger partial charge in [-0.1, -0.05) is 19.3 Å². The molecule has 1 heterocycles. The van der Waals surface area contributed by atoms with Gasteiger partial charge in [0.15, 0.2) is 0 Å². The van der Waals surface area contributed by atoms with Crippen LogP contribution in [0.2, 0.25) is 0 Å². The Morgan fingerprint density at radius 3 is 1.76 bits per heavy atom. The van der Waals surface area contributed by atoms with Crippen molar-refractivity contribution in [2.45, 2.75) is 46.0 Å². The van der Waals surface area contributed by atoms with Gasteiger partial charge in [-0.2, -0.15) is 0 Å². The Morgan fingerprint density at radius 1 is 0.952 bits per heavy atom. The Hall–Kier alpha value is -1.78. The van der Waals surface area contributed by atoms with Gasteiger partial charge < -0.3 is 15.1 Å². The molecule has 0 bridgehead atoms. The van der Waals surface area contributed by atoms with Crippen LogP contribution in [0.1, 0.15) is 46.0 Å². The minimum absolute atomic E-state index is 0.120. The van der Waals surface area contributed by atoms with E-state index >= 15 is 0 Å². The molecule has 0 aromatic rings. The molecule has 5 heteroatoms. The average molecular weight is 293 g/mol. The summed E-state index contributed by atoms with van der Waals surface area (Å²) >= 11 is 0. The first kappa shape index (κ1) is 15.6. The number of carbonyl (C=O) groups is 2. The maximum Gasteiger partial charge on any atom is 0.333 e. The maximum atomic E-state index is 11.7. The van der Waals surface area contributed by atoms with Crippen LogP contribution in [0.5, 0.6) is 0 Å². The lowest BCUT2D eigenvalue weighted by Gasteiger charge is -2.39. The third-order valence-electron chi connectivity index (χ3n) is 4.99. The lowest BCUT2D eigenvalue weighted by molar-refractivity contribution is -0.134. The molecule has 0 amide bonds. The van der Waals surface area contributed by atoms with Crippen molar-refractivity contribution >= 4 is 11.9 Å². The zero-order valence-corrected chi connectivity index (χ0v) is 12.8. The highest BCUT2D eigenvalue weighted by Crippen LogP contribution is 2.44. The summed E-state index contributed by atoms with van der Waals surface area (Å²) < 4.78 is 0. The van der Waals surface area contributed by atoms with Gasteiger partial charge >= 0.3 is 11.9 Å². The number of carboxylic acid groups (broad SMARTS) is 2. The predicted molar refractivity (Wildman–Crippen MR) is 78.5 cm³/mol. The summed E-state index contributed by atoms with van der Waals surface area (Å²) in [5.41, 5.74) is 1.82. The third kappa shape index (κ3) is 2.69. The molecule has 0 saturated heterocycles. The van der Waals surface area contributed by atoms with E-state index in [0.29, 0.717) is 11.4 Å². The third-order valence-corrected chi connectivity index (χ3v) is 4.99. The molecule has 1 saturated carbocycles. The molecule has 0 aromatic heterocycles. The number of carboxylic acids is 2. The van der Waals surface area contributed by atoms with Gasteiger partial charge in [0.1, 0.15) is 0 Å². The molecule has 0 spiro atoms. The Labute approximate surface area is 124 Å². The molecule has 1 aliphatic heterocycles. The number of aliphatic carboxylic acids is 2. The van der Waals surface area contributed by atoms with E-state index in [1.54, 1.807) is 25.8 Å². The van der Waals surface area contributed by atoms with E-state index in [0.717, 1.165) is 32.1 Å². The van der Waals surface area contributed by atoms with E-state index in [-0.39, 0.29) is 17.1 Å². The highest BCUT2D eigenvalue weighted by Gasteiger charge is 2.41. The van der Waals surface area contributed by atoms with Crippen molar-refractivity contribution < 1.29 is 19.8 Å². The van der Waals surface area contributed by atoms with Gasteiger partial charge in [0.25, 0.3) is 0 Å². The summed E-state index contributed by atoms with van der Waals surface area (Å²) in [7, 11) is 1.73. The smallest absolute Gasteiger partial charge is 0.333 e. The molecular weight excluding hydrogens is 270 g/mol. The van der Waals surface area contributed by atoms with Crippen molar-refractivity contribution in [2.24, 2.45) is 11.8 Å². The summed E-state index contributed by atoms with van der Waals surface area (Å²) in [5, 5.41) is 19.2. The van der Waals surface area contributed by atoms with E-state index in [2.05, 4.69) is 0 Å². The van der Waals surface area contributed by atoms with Crippen LogP contribution < -0.4 is 0 Å². The monoisotopic (exact) mass is 293 g/mol. The lowest BCUT2D eigenvalue weighted by atomic mass is 9.70. The number of allylic oxidation sites excluding steroid dienone is 2. The van der Waals surface area contributed by atoms with Crippen LogP contribution in [-0.2, 0) is 9.59 Å². The van der Waals surface area contributed by atoms with Crippen LogP contribution in [0, 0.1) is 11.8 Å². The first-order chi connectivity index (χ1) is 9.86. The van der Waals surface area contributed by atoms with Gasteiger partial charge in [-0.05, 0) is 32.6 Å². The van der Waals surface area contributed by atoms with Crippen LogP contribution in [0.3, 0.4) is 0 Å². The fourth-order valence-electron chi connectivity index (χ4n) is 3.72. The molecule has 116 valence electrons. The molecule has 1 fully saturated rings. The topological polar surface area (TPSA) is 77.8 Å². The summed E-state index contributed by atoms with van der Waals surface area (Å²) in [4.78, 5) is 25.2. The van der Waals surface area contributed by atoms with Crippen molar-refractivity contribution in [3.63, 3.8) is 0 Å². The average Bonchev–Trinajstić information content (AvgIpc) is 2.44. The maximum absolute atomic E-state index is 11.7. The molecule has 0 atom stereocenters. The summed E-state index contributed by atoms with van der Waals surface area (Å²) in [6.45, 7) is 3.53. The largest absolute Gasteiger partial charge is 0.478 e. The first-order valence-corrected chi connectivity index (χ1v) is 7.48. The highest BCUT2D eigenvalue weighted by molar-refractivity contribution is 5.96. The molecule has 5 nitrogen and oxygen atoms in total. The van der Waals surface area contributed by atoms with E-state index in [1.807, 2.05) is 0 Å². The lowest BCUT2D eigenvalue weighted by Crippen LogP contribution is -2.37. The van der Waals surface area contributed by atoms with Gasteiger partial charge in [-0.25, -0.2) is 9.59 Å². The van der Waals surface area contributed by atoms with Gasteiger partial charge in [0.05, 0.1) is 11.1 Å². The van der Waals surface area contributed by atoms with E-state index in [4.69, 9.17) is 0 Å². The second kappa shape index (κ2) is 5.92. The van der Waals surface area contributed by atoms with Gasteiger partial charge in [-0.3, -0.25) is 0 Å². The molecule has 0 aromatic carbocycles. The normalized spacial score (nSPS) is 22.0. The van der Waals surface area contributed by atoms with Crippen molar-refractivity contribution in [2.75, 3.05) is 7.05 Å². The molecule has 0 unspecified atom stereocenters. The molecule has 21 heavy (non-hydrogen) atoms. The first-order valence-electron chi connectivity index (χ1n) is 7.48. The quantitative estimate of drug-likeness (QED) is 0.836.